The van der Waals surface area contributed by atoms with Crippen molar-refractivity contribution in [1.82, 2.24) is 10.3 Å². The number of rotatable bonds is 6. The smallest absolute Gasteiger partial charge is 0.217 e. The molecule has 0 bridgehead atoms. The maximum atomic E-state index is 10.5. The maximum absolute atomic E-state index is 10.5. The molecule has 0 radical (unpaired) electrons. The highest BCUT2D eigenvalue weighted by Gasteiger charge is 2.05. The van der Waals surface area contributed by atoms with Crippen molar-refractivity contribution in [3.05, 3.63) is 16.6 Å². The number of thiazole rings is 1. The summed E-state index contributed by atoms with van der Waals surface area (Å²) >= 11 is 1.63. The second kappa shape index (κ2) is 5.72. The first-order valence-corrected chi connectivity index (χ1v) is 5.48. The molecule has 0 aliphatic heterocycles. The van der Waals surface area contributed by atoms with Crippen LogP contribution in [0.4, 0.5) is 0 Å². The average molecular weight is 213 g/mol. The molecule has 1 aromatic heterocycles. The first kappa shape index (κ1) is 11.1. The zero-order valence-corrected chi connectivity index (χ0v) is 9.01. The van der Waals surface area contributed by atoms with Crippen LogP contribution in [0.1, 0.15) is 30.7 Å². The summed E-state index contributed by atoms with van der Waals surface area (Å²) in [5.41, 5.74) is 6.85. The van der Waals surface area contributed by atoms with Gasteiger partial charge in [0, 0.05) is 23.5 Å². The topological polar surface area (TPSA) is 68.0 Å². The average Bonchev–Trinajstić information content (AvgIpc) is 2.64. The number of nitrogens with one attached hydrogen (secondary N) is 1. The largest absolute Gasteiger partial charge is 0.370 e. The van der Waals surface area contributed by atoms with Crippen molar-refractivity contribution in [2.75, 3.05) is 6.54 Å². The van der Waals surface area contributed by atoms with Crippen LogP contribution < -0.4 is 11.1 Å². The first-order chi connectivity index (χ1) is 6.70. The van der Waals surface area contributed by atoms with Crippen LogP contribution in [0.25, 0.3) is 0 Å². The molecule has 1 heterocycles. The Bertz CT molecular complexity index is 274. The highest BCUT2D eigenvalue weighted by molar-refractivity contribution is 7.09. The maximum Gasteiger partial charge on any atom is 0.217 e. The van der Waals surface area contributed by atoms with Gasteiger partial charge in [-0.15, -0.1) is 11.3 Å². The van der Waals surface area contributed by atoms with Crippen LogP contribution in [0.15, 0.2) is 11.7 Å². The summed E-state index contributed by atoms with van der Waals surface area (Å²) in [7, 11) is 0. The molecule has 1 atom stereocenters. The van der Waals surface area contributed by atoms with E-state index in [1.54, 1.807) is 11.3 Å². The highest BCUT2D eigenvalue weighted by atomic mass is 32.1. The second-order valence-electron chi connectivity index (χ2n) is 3.15. The molecule has 0 saturated carbocycles. The van der Waals surface area contributed by atoms with Crippen molar-refractivity contribution in [2.24, 2.45) is 5.73 Å². The minimum atomic E-state index is -0.239. The predicted octanol–water partition coefficient (Wildman–Crippen LogP) is 1.06. The Kier molecular flexibility index (Phi) is 4.55. The first-order valence-electron chi connectivity index (χ1n) is 4.60. The van der Waals surface area contributed by atoms with E-state index in [-0.39, 0.29) is 5.91 Å². The van der Waals surface area contributed by atoms with E-state index in [4.69, 9.17) is 5.73 Å². The zero-order valence-electron chi connectivity index (χ0n) is 8.19. The molecule has 0 aromatic carbocycles. The fraction of sp³-hybridized carbons (Fsp3) is 0.556. The van der Waals surface area contributed by atoms with Crippen LogP contribution in [0, 0.1) is 0 Å². The van der Waals surface area contributed by atoms with Crippen molar-refractivity contribution in [3.8, 4) is 0 Å². The normalized spacial score (nSPS) is 12.6. The number of nitrogens with zero attached hydrogens (tertiary/aromatic N) is 1. The number of hydrogen-bond acceptors (Lipinski definition) is 4. The van der Waals surface area contributed by atoms with E-state index in [0.717, 1.165) is 13.0 Å². The molecule has 3 N–H and O–H groups in total. The lowest BCUT2D eigenvalue weighted by Gasteiger charge is -2.10. The van der Waals surface area contributed by atoms with Crippen LogP contribution in [-0.2, 0) is 4.79 Å². The lowest BCUT2D eigenvalue weighted by atomic mass is 10.2. The molecule has 4 nitrogen and oxygen atoms in total. The number of aromatic nitrogens is 1. The van der Waals surface area contributed by atoms with Gasteiger partial charge in [0.25, 0.3) is 0 Å². The van der Waals surface area contributed by atoms with E-state index >= 15 is 0 Å². The van der Waals surface area contributed by atoms with Crippen LogP contribution in [0.5, 0.6) is 0 Å². The van der Waals surface area contributed by atoms with Gasteiger partial charge in [-0.1, -0.05) is 0 Å². The third-order valence-corrected chi connectivity index (χ3v) is 2.89. The van der Waals surface area contributed by atoms with Crippen LogP contribution in [0.3, 0.4) is 0 Å². The Morgan fingerprint density at radius 3 is 3.14 bits per heavy atom. The van der Waals surface area contributed by atoms with Gasteiger partial charge in [-0.3, -0.25) is 9.78 Å². The molecule has 14 heavy (non-hydrogen) atoms. The Hall–Kier alpha value is -0.940. The fourth-order valence-electron chi connectivity index (χ4n) is 1.12. The molecule has 1 aromatic rings. The predicted molar refractivity (Wildman–Crippen MR) is 57.0 cm³/mol. The third-order valence-electron chi connectivity index (χ3n) is 1.93. The minimum Gasteiger partial charge on any atom is -0.370 e. The standard InChI is InChI=1S/C9H15N3OS/c1-7(8-5-11-6-14-8)12-4-2-3-9(10)13/h5-7,12H,2-4H2,1H3,(H2,10,13). The van der Waals surface area contributed by atoms with Gasteiger partial charge in [-0.25, -0.2) is 0 Å². The molecule has 0 fully saturated rings. The third kappa shape index (κ3) is 3.85. The molecule has 0 spiro atoms. The van der Waals surface area contributed by atoms with Crippen molar-refractivity contribution < 1.29 is 4.79 Å². The lowest BCUT2D eigenvalue weighted by Crippen LogP contribution is -2.21. The summed E-state index contributed by atoms with van der Waals surface area (Å²) in [6.07, 6.45) is 3.09. The second-order valence-corrected chi connectivity index (χ2v) is 4.07. The van der Waals surface area contributed by atoms with E-state index in [9.17, 15) is 4.79 Å². The Morgan fingerprint density at radius 2 is 2.57 bits per heavy atom. The quantitative estimate of drug-likeness (QED) is 0.694. The Morgan fingerprint density at radius 1 is 1.79 bits per heavy atom. The van der Waals surface area contributed by atoms with Gasteiger partial charge in [0.05, 0.1) is 5.51 Å². The minimum absolute atomic E-state index is 0.239. The Labute approximate surface area is 87.5 Å². The summed E-state index contributed by atoms with van der Waals surface area (Å²) in [6, 6.07) is 0.301. The van der Waals surface area contributed by atoms with Gasteiger partial charge >= 0.3 is 0 Å². The zero-order chi connectivity index (χ0) is 10.4. The molecule has 1 rings (SSSR count). The summed E-state index contributed by atoms with van der Waals surface area (Å²) in [4.78, 5) is 15.7. The number of carbonyl (C=O) groups excluding carboxylic acids is 1. The van der Waals surface area contributed by atoms with E-state index in [2.05, 4.69) is 17.2 Å². The molecule has 0 aliphatic rings. The number of carbonyl (C=O) groups is 1. The number of primary amides is 1. The van der Waals surface area contributed by atoms with Crippen molar-refractivity contribution in [2.45, 2.75) is 25.8 Å². The highest BCUT2D eigenvalue weighted by Crippen LogP contribution is 2.15. The molecule has 0 saturated heterocycles. The summed E-state index contributed by atoms with van der Waals surface area (Å²) in [6.45, 7) is 2.89. The van der Waals surface area contributed by atoms with Crippen molar-refractivity contribution in [1.29, 1.82) is 0 Å². The molecular weight excluding hydrogens is 198 g/mol. The van der Waals surface area contributed by atoms with Crippen LogP contribution in [0.2, 0.25) is 0 Å². The Balaban J connectivity index is 2.16. The number of nitrogens with two attached hydrogens (primary N) is 1. The van der Waals surface area contributed by atoms with Gasteiger partial charge in [-0.05, 0) is 19.9 Å². The lowest BCUT2D eigenvalue weighted by molar-refractivity contribution is -0.118. The summed E-state index contributed by atoms with van der Waals surface area (Å²) < 4.78 is 0. The number of hydrogen-bond donors (Lipinski definition) is 2. The van der Waals surface area contributed by atoms with Gasteiger partial charge in [0.1, 0.15) is 0 Å². The molecule has 1 unspecified atom stereocenters. The fourth-order valence-corrected chi connectivity index (χ4v) is 1.77. The molecule has 1 amide bonds. The monoisotopic (exact) mass is 213 g/mol. The van der Waals surface area contributed by atoms with Gasteiger partial charge in [0.2, 0.25) is 5.91 Å². The SMILES string of the molecule is CC(NCCCC(N)=O)c1cncs1. The molecule has 0 aliphatic carbocycles. The van der Waals surface area contributed by atoms with E-state index in [1.807, 2.05) is 11.7 Å². The van der Waals surface area contributed by atoms with Crippen molar-refractivity contribution >= 4 is 17.2 Å². The van der Waals surface area contributed by atoms with E-state index < -0.39 is 0 Å². The summed E-state index contributed by atoms with van der Waals surface area (Å²) in [5, 5.41) is 3.30. The molecule has 5 heteroatoms. The van der Waals surface area contributed by atoms with Crippen LogP contribution in [-0.4, -0.2) is 17.4 Å². The molecular formula is C9H15N3OS. The van der Waals surface area contributed by atoms with Crippen molar-refractivity contribution in [3.63, 3.8) is 0 Å². The summed E-state index contributed by atoms with van der Waals surface area (Å²) in [5.74, 6) is -0.239. The van der Waals surface area contributed by atoms with E-state index in [1.165, 1.54) is 4.88 Å². The van der Waals surface area contributed by atoms with Gasteiger partial charge in [0.15, 0.2) is 0 Å². The number of amides is 1. The van der Waals surface area contributed by atoms with Gasteiger partial charge in [-0.2, -0.15) is 0 Å². The van der Waals surface area contributed by atoms with E-state index in [0.29, 0.717) is 12.5 Å². The van der Waals surface area contributed by atoms with Gasteiger partial charge < -0.3 is 11.1 Å². The van der Waals surface area contributed by atoms with Crippen LogP contribution >= 0.6 is 11.3 Å². The molecule has 78 valence electrons.